The van der Waals surface area contributed by atoms with Gasteiger partial charge in [0.05, 0.1) is 7.11 Å². The Morgan fingerprint density at radius 3 is 2.61 bits per heavy atom. The van der Waals surface area contributed by atoms with Gasteiger partial charge < -0.3 is 15.4 Å². The molecule has 3 nitrogen and oxygen atoms in total. The maximum Gasteiger partial charge on any atom is 0.126 e. The first-order chi connectivity index (χ1) is 8.90. The first kappa shape index (κ1) is 11.5. The zero-order valence-corrected chi connectivity index (χ0v) is 10.6. The van der Waals surface area contributed by atoms with Crippen molar-refractivity contribution in [3.63, 3.8) is 0 Å². The second kappa shape index (κ2) is 4.96. The standard InChI is InChI=1S/C15H18N2O/c1-18-15-7-6-12(14-10-16-8-9-17-14)11-4-2-3-5-13(11)15/h2-7,14,16-17H,8-10H2,1H3/t14-/m1/s1. The second-order valence-corrected chi connectivity index (χ2v) is 4.61. The van der Waals surface area contributed by atoms with Crippen LogP contribution in [0.1, 0.15) is 11.6 Å². The molecule has 1 atom stereocenters. The van der Waals surface area contributed by atoms with Crippen LogP contribution in [0.25, 0.3) is 10.8 Å². The van der Waals surface area contributed by atoms with Crippen molar-refractivity contribution in [3.05, 3.63) is 42.0 Å². The molecule has 3 rings (SSSR count). The Morgan fingerprint density at radius 2 is 1.89 bits per heavy atom. The molecule has 2 N–H and O–H groups in total. The first-order valence-corrected chi connectivity index (χ1v) is 6.40. The van der Waals surface area contributed by atoms with Crippen LogP contribution in [0.5, 0.6) is 5.75 Å². The van der Waals surface area contributed by atoms with Crippen molar-refractivity contribution in [2.45, 2.75) is 6.04 Å². The van der Waals surface area contributed by atoms with Gasteiger partial charge in [0.1, 0.15) is 5.75 Å². The summed E-state index contributed by atoms with van der Waals surface area (Å²) in [6, 6.07) is 13.1. The fourth-order valence-corrected chi connectivity index (χ4v) is 2.65. The van der Waals surface area contributed by atoms with Crippen LogP contribution >= 0.6 is 0 Å². The smallest absolute Gasteiger partial charge is 0.126 e. The van der Waals surface area contributed by atoms with E-state index < -0.39 is 0 Å². The molecule has 1 aliphatic rings. The van der Waals surface area contributed by atoms with Gasteiger partial charge in [-0.25, -0.2) is 0 Å². The summed E-state index contributed by atoms with van der Waals surface area (Å²) in [7, 11) is 1.72. The molecule has 1 saturated heterocycles. The van der Waals surface area contributed by atoms with Crippen LogP contribution < -0.4 is 15.4 Å². The number of methoxy groups -OCH3 is 1. The zero-order chi connectivity index (χ0) is 12.4. The largest absolute Gasteiger partial charge is 0.496 e. The van der Waals surface area contributed by atoms with Crippen LogP contribution in [0, 0.1) is 0 Å². The third kappa shape index (κ3) is 1.96. The molecule has 0 bridgehead atoms. The fourth-order valence-electron chi connectivity index (χ4n) is 2.65. The van der Waals surface area contributed by atoms with Crippen molar-refractivity contribution in [1.29, 1.82) is 0 Å². The Balaban J connectivity index is 2.12. The monoisotopic (exact) mass is 242 g/mol. The fraction of sp³-hybridized carbons (Fsp3) is 0.333. The average Bonchev–Trinajstić information content (AvgIpc) is 2.47. The Morgan fingerprint density at radius 1 is 1.06 bits per heavy atom. The highest BCUT2D eigenvalue weighted by Crippen LogP contribution is 2.31. The van der Waals surface area contributed by atoms with Crippen molar-refractivity contribution in [3.8, 4) is 5.75 Å². The van der Waals surface area contributed by atoms with Crippen LogP contribution in [-0.2, 0) is 0 Å². The SMILES string of the molecule is COc1ccc([C@H]2CNCCN2)c2ccccc12. The van der Waals surface area contributed by atoms with E-state index in [-0.39, 0.29) is 0 Å². The predicted octanol–water partition coefficient (Wildman–Crippen LogP) is 2.08. The lowest BCUT2D eigenvalue weighted by molar-refractivity contribution is 0.417. The summed E-state index contributed by atoms with van der Waals surface area (Å²) in [6.07, 6.45) is 0. The third-order valence-electron chi connectivity index (χ3n) is 3.55. The van der Waals surface area contributed by atoms with E-state index in [9.17, 15) is 0 Å². The Bertz CT molecular complexity index is 547. The number of nitrogens with one attached hydrogen (secondary N) is 2. The van der Waals surface area contributed by atoms with Crippen molar-refractivity contribution in [2.75, 3.05) is 26.7 Å². The van der Waals surface area contributed by atoms with E-state index in [1.807, 2.05) is 0 Å². The lowest BCUT2D eigenvalue weighted by Crippen LogP contribution is -2.42. The van der Waals surface area contributed by atoms with Crippen molar-refractivity contribution in [2.24, 2.45) is 0 Å². The summed E-state index contributed by atoms with van der Waals surface area (Å²) in [6.45, 7) is 3.05. The van der Waals surface area contributed by atoms with Crippen molar-refractivity contribution >= 4 is 10.8 Å². The number of benzene rings is 2. The molecule has 0 aliphatic carbocycles. The normalized spacial score (nSPS) is 19.9. The average molecular weight is 242 g/mol. The molecule has 1 heterocycles. The van der Waals surface area contributed by atoms with Gasteiger partial charge in [0, 0.05) is 31.1 Å². The lowest BCUT2D eigenvalue weighted by atomic mass is 9.97. The van der Waals surface area contributed by atoms with Gasteiger partial charge in [-0.1, -0.05) is 30.3 Å². The minimum absolute atomic E-state index is 0.384. The number of hydrogen-bond acceptors (Lipinski definition) is 3. The molecule has 2 aromatic rings. The van der Waals surface area contributed by atoms with Crippen molar-refractivity contribution < 1.29 is 4.74 Å². The molecular formula is C15H18N2O. The molecule has 0 saturated carbocycles. The molecule has 0 amide bonds. The molecule has 1 aliphatic heterocycles. The molecular weight excluding hydrogens is 224 g/mol. The molecule has 18 heavy (non-hydrogen) atoms. The zero-order valence-electron chi connectivity index (χ0n) is 10.6. The number of hydrogen-bond donors (Lipinski definition) is 2. The quantitative estimate of drug-likeness (QED) is 0.846. The minimum atomic E-state index is 0.384. The maximum atomic E-state index is 5.43. The van der Waals surface area contributed by atoms with Gasteiger partial charge in [-0.2, -0.15) is 0 Å². The van der Waals surface area contributed by atoms with E-state index in [4.69, 9.17) is 4.74 Å². The summed E-state index contributed by atoms with van der Waals surface area (Å²) in [5, 5.41) is 9.46. The van der Waals surface area contributed by atoms with Crippen molar-refractivity contribution in [1.82, 2.24) is 10.6 Å². The van der Waals surface area contributed by atoms with Crippen LogP contribution in [-0.4, -0.2) is 26.7 Å². The van der Waals surface area contributed by atoms with Crippen LogP contribution in [0.15, 0.2) is 36.4 Å². The van der Waals surface area contributed by atoms with E-state index >= 15 is 0 Å². The van der Waals surface area contributed by atoms with Gasteiger partial charge >= 0.3 is 0 Å². The topological polar surface area (TPSA) is 33.3 Å². The minimum Gasteiger partial charge on any atom is -0.496 e. The molecule has 1 fully saturated rings. The Kier molecular flexibility index (Phi) is 3.17. The van der Waals surface area contributed by atoms with Crippen LogP contribution in [0.3, 0.4) is 0 Å². The molecule has 0 unspecified atom stereocenters. The highest BCUT2D eigenvalue weighted by Gasteiger charge is 2.17. The van der Waals surface area contributed by atoms with Gasteiger partial charge in [0.2, 0.25) is 0 Å². The number of fused-ring (bicyclic) bond motifs is 1. The summed E-state index contributed by atoms with van der Waals surface area (Å²) >= 11 is 0. The van der Waals surface area contributed by atoms with E-state index in [2.05, 4.69) is 47.0 Å². The molecule has 2 aromatic carbocycles. The number of piperazine rings is 1. The highest BCUT2D eigenvalue weighted by atomic mass is 16.5. The van der Waals surface area contributed by atoms with Gasteiger partial charge in [-0.05, 0) is 17.0 Å². The predicted molar refractivity (Wildman–Crippen MR) is 74.1 cm³/mol. The number of rotatable bonds is 2. The van der Waals surface area contributed by atoms with E-state index in [0.29, 0.717) is 6.04 Å². The summed E-state index contributed by atoms with van der Waals surface area (Å²) < 4.78 is 5.43. The molecule has 0 radical (unpaired) electrons. The van der Waals surface area contributed by atoms with Gasteiger partial charge in [-0.15, -0.1) is 0 Å². The molecule has 0 spiro atoms. The molecule has 94 valence electrons. The van der Waals surface area contributed by atoms with E-state index in [0.717, 1.165) is 25.4 Å². The third-order valence-corrected chi connectivity index (χ3v) is 3.55. The second-order valence-electron chi connectivity index (χ2n) is 4.61. The number of ether oxygens (including phenoxy) is 1. The summed E-state index contributed by atoms with van der Waals surface area (Å²) in [5.74, 6) is 0.943. The van der Waals surface area contributed by atoms with E-state index in [1.54, 1.807) is 7.11 Å². The van der Waals surface area contributed by atoms with E-state index in [1.165, 1.54) is 16.3 Å². The summed E-state index contributed by atoms with van der Waals surface area (Å²) in [5.41, 5.74) is 1.35. The lowest BCUT2D eigenvalue weighted by Gasteiger charge is -2.26. The highest BCUT2D eigenvalue weighted by molar-refractivity contribution is 5.91. The van der Waals surface area contributed by atoms with Crippen LogP contribution in [0.4, 0.5) is 0 Å². The Labute approximate surface area is 107 Å². The summed E-state index contributed by atoms with van der Waals surface area (Å²) in [4.78, 5) is 0. The van der Waals surface area contributed by atoms with Gasteiger partial charge in [-0.3, -0.25) is 0 Å². The first-order valence-electron chi connectivity index (χ1n) is 6.40. The molecule has 0 aromatic heterocycles. The molecule has 3 heteroatoms. The Hall–Kier alpha value is -1.58. The maximum absolute atomic E-state index is 5.43. The van der Waals surface area contributed by atoms with Gasteiger partial charge in [0.25, 0.3) is 0 Å². The van der Waals surface area contributed by atoms with Crippen LogP contribution in [0.2, 0.25) is 0 Å². The van der Waals surface area contributed by atoms with Gasteiger partial charge in [0.15, 0.2) is 0 Å².